The summed E-state index contributed by atoms with van der Waals surface area (Å²) in [6.45, 7) is 9.09. The van der Waals surface area contributed by atoms with Crippen LogP contribution in [0.4, 0.5) is 0 Å². The van der Waals surface area contributed by atoms with Crippen molar-refractivity contribution >= 4 is 5.91 Å². The molecule has 0 spiro atoms. The van der Waals surface area contributed by atoms with Gasteiger partial charge in [-0.15, -0.1) is 0 Å². The van der Waals surface area contributed by atoms with E-state index in [1.165, 1.54) is 6.08 Å². The third kappa shape index (κ3) is 3.19. The number of carbonyl (C=O) groups is 1. The zero-order chi connectivity index (χ0) is 9.90. The van der Waals surface area contributed by atoms with Crippen molar-refractivity contribution in [1.29, 1.82) is 0 Å². The Morgan fingerprint density at radius 3 is 2.92 bits per heavy atom. The zero-order valence-corrected chi connectivity index (χ0v) is 8.30. The average Bonchev–Trinajstić information content (AvgIpc) is 2.41. The molecule has 1 aliphatic heterocycles. The predicted octanol–water partition coefficient (Wildman–Crippen LogP) is 1.10. The van der Waals surface area contributed by atoms with E-state index >= 15 is 0 Å². The maximum absolute atomic E-state index is 10.8. The number of amides is 1. The lowest BCUT2D eigenvalue weighted by molar-refractivity contribution is -0.116. The minimum Gasteiger partial charge on any atom is -0.376 e. The van der Waals surface area contributed by atoms with E-state index in [-0.39, 0.29) is 17.4 Å². The van der Waals surface area contributed by atoms with Crippen LogP contribution in [-0.4, -0.2) is 25.2 Å². The first-order valence-electron chi connectivity index (χ1n) is 4.55. The van der Waals surface area contributed by atoms with Crippen molar-refractivity contribution in [3.05, 3.63) is 12.7 Å². The van der Waals surface area contributed by atoms with Crippen LogP contribution >= 0.6 is 0 Å². The van der Waals surface area contributed by atoms with Crippen molar-refractivity contribution in [2.75, 3.05) is 13.2 Å². The molecule has 1 heterocycles. The van der Waals surface area contributed by atoms with Crippen molar-refractivity contribution in [3.63, 3.8) is 0 Å². The molecule has 1 fully saturated rings. The van der Waals surface area contributed by atoms with Crippen LogP contribution in [0.3, 0.4) is 0 Å². The molecule has 1 amide bonds. The maximum atomic E-state index is 10.8. The third-order valence-electron chi connectivity index (χ3n) is 2.18. The van der Waals surface area contributed by atoms with Crippen LogP contribution < -0.4 is 5.32 Å². The van der Waals surface area contributed by atoms with Crippen LogP contribution in [0, 0.1) is 5.41 Å². The molecule has 3 heteroatoms. The number of hydrogen-bond donors (Lipinski definition) is 1. The Hall–Kier alpha value is -0.830. The fourth-order valence-corrected chi connectivity index (χ4v) is 1.50. The molecule has 1 unspecified atom stereocenters. The molecule has 1 atom stereocenters. The van der Waals surface area contributed by atoms with E-state index in [2.05, 4.69) is 25.7 Å². The van der Waals surface area contributed by atoms with Gasteiger partial charge in [-0.1, -0.05) is 20.4 Å². The molecule has 3 nitrogen and oxygen atoms in total. The molecule has 0 aromatic heterocycles. The largest absolute Gasteiger partial charge is 0.376 e. The topological polar surface area (TPSA) is 38.3 Å². The number of carbonyl (C=O) groups excluding carboxylic acids is 1. The summed E-state index contributed by atoms with van der Waals surface area (Å²) in [5, 5.41) is 2.73. The fourth-order valence-electron chi connectivity index (χ4n) is 1.50. The highest BCUT2D eigenvalue weighted by Crippen LogP contribution is 2.30. The summed E-state index contributed by atoms with van der Waals surface area (Å²) in [6, 6.07) is 0. The van der Waals surface area contributed by atoms with E-state index in [0.717, 1.165) is 13.0 Å². The van der Waals surface area contributed by atoms with Crippen LogP contribution in [0.25, 0.3) is 0 Å². The van der Waals surface area contributed by atoms with E-state index in [1.807, 2.05) is 0 Å². The van der Waals surface area contributed by atoms with Gasteiger partial charge in [-0.25, -0.2) is 0 Å². The summed E-state index contributed by atoms with van der Waals surface area (Å²) in [7, 11) is 0. The van der Waals surface area contributed by atoms with Gasteiger partial charge < -0.3 is 10.1 Å². The van der Waals surface area contributed by atoms with Crippen molar-refractivity contribution < 1.29 is 9.53 Å². The number of rotatable bonds is 3. The summed E-state index contributed by atoms with van der Waals surface area (Å²) < 4.78 is 5.51. The van der Waals surface area contributed by atoms with Crippen molar-refractivity contribution in [2.45, 2.75) is 26.4 Å². The summed E-state index contributed by atoms with van der Waals surface area (Å²) in [6.07, 6.45) is 2.45. The van der Waals surface area contributed by atoms with Crippen LogP contribution in [0.15, 0.2) is 12.7 Å². The molecule has 0 aromatic rings. The SMILES string of the molecule is C=CC(=O)NCC1CC(C)(C)CO1. The van der Waals surface area contributed by atoms with Gasteiger partial charge in [0.05, 0.1) is 12.7 Å². The van der Waals surface area contributed by atoms with Gasteiger partial charge in [0, 0.05) is 6.54 Å². The second-order valence-electron chi connectivity index (χ2n) is 4.25. The normalized spacial score (nSPS) is 25.5. The maximum Gasteiger partial charge on any atom is 0.243 e. The number of hydrogen-bond acceptors (Lipinski definition) is 2. The first-order valence-corrected chi connectivity index (χ1v) is 4.55. The van der Waals surface area contributed by atoms with Crippen molar-refractivity contribution in [2.24, 2.45) is 5.41 Å². The van der Waals surface area contributed by atoms with Crippen molar-refractivity contribution in [3.8, 4) is 0 Å². The highest BCUT2D eigenvalue weighted by atomic mass is 16.5. The molecule has 13 heavy (non-hydrogen) atoms. The Bertz CT molecular complexity index is 211. The van der Waals surface area contributed by atoms with Gasteiger partial charge in [0.15, 0.2) is 0 Å². The van der Waals surface area contributed by atoms with Gasteiger partial charge in [0.2, 0.25) is 5.91 Å². The van der Waals surface area contributed by atoms with Crippen LogP contribution in [-0.2, 0) is 9.53 Å². The molecule has 0 saturated carbocycles. The predicted molar refractivity (Wildman–Crippen MR) is 51.3 cm³/mol. The molecule has 0 aromatic carbocycles. The van der Waals surface area contributed by atoms with Crippen LogP contribution in [0.5, 0.6) is 0 Å². The lowest BCUT2D eigenvalue weighted by Gasteiger charge is -2.13. The van der Waals surface area contributed by atoms with Gasteiger partial charge in [-0.05, 0) is 17.9 Å². The van der Waals surface area contributed by atoms with Crippen molar-refractivity contribution in [1.82, 2.24) is 5.32 Å². The molecule has 1 N–H and O–H groups in total. The second kappa shape index (κ2) is 3.92. The van der Waals surface area contributed by atoms with Gasteiger partial charge in [0.1, 0.15) is 0 Å². The first kappa shape index (κ1) is 10.3. The van der Waals surface area contributed by atoms with E-state index in [4.69, 9.17) is 4.74 Å². The van der Waals surface area contributed by atoms with Gasteiger partial charge in [-0.3, -0.25) is 4.79 Å². The molecular formula is C10H17NO2. The molecule has 1 aliphatic rings. The molecule has 0 bridgehead atoms. The Balaban J connectivity index is 2.25. The Morgan fingerprint density at radius 1 is 1.77 bits per heavy atom. The molecule has 0 radical (unpaired) electrons. The first-order chi connectivity index (χ1) is 6.03. The van der Waals surface area contributed by atoms with Gasteiger partial charge >= 0.3 is 0 Å². The highest BCUT2D eigenvalue weighted by molar-refractivity contribution is 5.86. The van der Waals surface area contributed by atoms with Gasteiger partial charge in [0.25, 0.3) is 0 Å². The molecule has 0 aliphatic carbocycles. The highest BCUT2D eigenvalue weighted by Gasteiger charge is 2.31. The molecular weight excluding hydrogens is 166 g/mol. The van der Waals surface area contributed by atoms with E-state index in [0.29, 0.717) is 6.54 Å². The standard InChI is InChI=1S/C10H17NO2/c1-4-9(12)11-6-8-5-10(2,3)7-13-8/h4,8H,1,5-7H2,2-3H3,(H,11,12). The lowest BCUT2D eigenvalue weighted by atomic mass is 9.91. The second-order valence-corrected chi connectivity index (χ2v) is 4.25. The summed E-state index contributed by atoms with van der Waals surface area (Å²) >= 11 is 0. The Kier molecular flexibility index (Phi) is 3.09. The van der Waals surface area contributed by atoms with E-state index in [1.54, 1.807) is 0 Å². The minimum absolute atomic E-state index is 0.131. The average molecular weight is 183 g/mol. The molecule has 74 valence electrons. The Morgan fingerprint density at radius 2 is 2.46 bits per heavy atom. The zero-order valence-electron chi connectivity index (χ0n) is 8.30. The lowest BCUT2D eigenvalue weighted by Crippen LogP contribution is -2.30. The van der Waals surface area contributed by atoms with E-state index < -0.39 is 0 Å². The Labute approximate surface area is 79.2 Å². The molecule has 1 rings (SSSR count). The number of nitrogens with one attached hydrogen (secondary N) is 1. The monoisotopic (exact) mass is 183 g/mol. The summed E-state index contributed by atoms with van der Waals surface area (Å²) in [5.74, 6) is -0.131. The summed E-state index contributed by atoms with van der Waals surface area (Å²) in [4.78, 5) is 10.8. The molecule has 1 saturated heterocycles. The number of ether oxygens (including phenoxy) is 1. The fraction of sp³-hybridized carbons (Fsp3) is 0.700. The minimum atomic E-state index is -0.131. The third-order valence-corrected chi connectivity index (χ3v) is 2.18. The smallest absolute Gasteiger partial charge is 0.243 e. The quantitative estimate of drug-likeness (QED) is 0.665. The van der Waals surface area contributed by atoms with E-state index in [9.17, 15) is 4.79 Å². The van der Waals surface area contributed by atoms with Gasteiger partial charge in [-0.2, -0.15) is 0 Å². The van der Waals surface area contributed by atoms with Crippen LogP contribution in [0.1, 0.15) is 20.3 Å². The van der Waals surface area contributed by atoms with Crippen LogP contribution in [0.2, 0.25) is 0 Å². The summed E-state index contributed by atoms with van der Waals surface area (Å²) in [5.41, 5.74) is 0.254.